The number of nitrogens with one attached hydrogen (secondary N) is 3. The molecule has 1 fully saturated rings. The van der Waals surface area contributed by atoms with Crippen LogP contribution < -0.4 is 20.7 Å². The van der Waals surface area contributed by atoms with Crippen molar-refractivity contribution in [1.82, 2.24) is 20.9 Å². The van der Waals surface area contributed by atoms with Gasteiger partial charge in [0.2, 0.25) is 18.1 Å². The van der Waals surface area contributed by atoms with Crippen molar-refractivity contribution < 1.29 is 33.8 Å². The molecule has 2 heterocycles. The quantitative estimate of drug-likeness (QED) is 0.207. The highest BCUT2D eigenvalue weighted by Crippen LogP contribution is 2.18. The first-order chi connectivity index (χ1) is 20.8. The second kappa shape index (κ2) is 13.5. The second-order valence-corrected chi connectivity index (χ2v) is 10.6. The van der Waals surface area contributed by atoms with Gasteiger partial charge in [0, 0.05) is 25.2 Å². The van der Waals surface area contributed by atoms with Crippen molar-refractivity contribution in [3.63, 3.8) is 0 Å². The number of carbonyl (C=O) groups excluding carboxylic acids is 4. The van der Waals surface area contributed by atoms with E-state index in [1.54, 1.807) is 19.2 Å². The zero-order valence-electron chi connectivity index (χ0n) is 23.7. The predicted octanol–water partition coefficient (Wildman–Crippen LogP) is 1.65. The van der Waals surface area contributed by atoms with Crippen LogP contribution >= 0.6 is 0 Å². The highest BCUT2D eigenvalue weighted by atomic mass is 16.6. The van der Waals surface area contributed by atoms with Crippen LogP contribution in [-0.4, -0.2) is 78.8 Å². The molecule has 0 saturated carbocycles. The lowest BCUT2D eigenvalue weighted by molar-refractivity contribution is -0.155. The molecule has 0 radical (unpaired) electrons. The van der Waals surface area contributed by atoms with E-state index < -0.39 is 42.1 Å². The lowest BCUT2D eigenvalue weighted by Crippen LogP contribution is -2.52. The van der Waals surface area contributed by atoms with Crippen LogP contribution in [0.15, 0.2) is 78.4 Å². The molecule has 4 N–H and O–H groups in total. The van der Waals surface area contributed by atoms with Gasteiger partial charge in [0.15, 0.2) is 0 Å². The van der Waals surface area contributed by atoms with Crippen LogP contribution in [0.1, 0.15) is 28.8 Å². The van der Waals surface area contributed by atoms with Gasteiger partial charge in [-0.05, 0) is 52.6 Å². The summed E-state index contributed by atoms with van der Waals surface area (Å²) >= 11 is 0. The number of benzene rings is 3. The molecule has 5 rings (SSSR count). The third kappa shape index (κ3) is 7.56. The van der Waals surface area contributed by atoms with Crippen molar-refractivity contribution in [2.45, 2.75) is 37.8 Å². The fraction of sp³-hybridized carbons (Fsp3) is 0.312. The number of nitrogens with zero attached hydrogens (tertiary/aromatic N) is 1. The zero-order chi connectivity index (χ0) is 30.3. The van der Waals surface area contributed by atoms with Crippen molar-refractivity contribution >= 4 is 34.5 Å². The largest absolute Gasteiger partial charge is 0.497 e. The predicted molar refractivity (Wildman–Crippen MR) is 158 cm³/mol. The van der Waals surface area contributed by atoms with E-state index in [0.717, 1.165) is 27.7 Å². The van der Waals surface area contributed by atoms with E-state index in [1.807, 2.05) is 60.7 Å². The van der Waals surface area contributed by atoms with Crippen molar-refractivity contribution in [3.8, 4) is 5.75 Å². The smallest absolute Gasteiger partial charge is 0.310 e. The number of aliphatic hydroxyl groups excluding tert-OH is 1. The SMILES string of the molecule is COc1cccc(CNCC2=CCC(NC(=O)c3ccc4ccccc4c3)C(=O)N(CC(=O)NC3CC(=O)OC3O)C2)c1. The Hall–Kier alpha value is -4.74. The molecule has 43 heavy (non-hydrogen) atoms. The number of ether oxygens (including phenoxy) is 2. The first kappa shape index (κ1) is 29.7. The van der Waals surface area contributed by atoms with Gasteiger partial charge in [0.05, 0.1) is 20.1 Å². The minimum Gasteiger partial charge on any atom is -0.497 e. The molecular formula is C32H34N4O7. The maximum absolute atomic E-state index is 13.7. The minimum absolute atomic E-state index is 0.155. The van der Waals surface area contributed by atoms with Gasteiger partial charge in [-0.15, -0.1) is 0 Å². The van der Waals surface area contributed by atoms with Crippen LogP contribution in [0.4, 0.5) is 0 Å². The van der Waals surface area contributed by atoms with Crippen LogP contribution in [0.5, 0.6) is 5.75 Å². The maximum Gasteiger partial charge on any atom is 0.310 e. The molecule has 11 heteroatoms. The molecule has 3 aromatic rings. The maximum atomic E-state index is 13.7. The standard InChI is InChI=1S/C32H34N4O7/c1-42-25-8-4-5-20(13-25)16-33-17-21-9-12-26(35-30(39)24-11-10-22-6-2-3-7-23(22)14-24)31(40)36(18-21)19-28(37)34-27-15-29(38)43-32(27)41/h2-11,13-14,26-27,32-33,41H,12,15-19H2,1H3,(H,34,37)(H,35,39). The summed E-state index contributed by atoms with van der Waals surface area (Å²) in [6.45, 7) is 0.824. The van der Waals surface area contributed by atoms with E-state index in [4.69, 9.17) is 9.47 Å². The first-order valence-electron chi connectivity index (χ1n) is 14.1. The molecule has 0 aliphatic carbocycles. The first-order valence-corrected chi connectivity index (χ1v) is 14.1. The molecule has 3 atom stereocenters. The number of carbonyl (C=O) groups is 4. The van der Waals surface area contributed by atoms with E-state index in [1.165, 1.54) is 4.90 Å². The number of cyclic esters (lactones) is 1. The van der Waals surface area contributed by atoms with E-state index >= 15 is 0 Å². The Kier molecular flexibility index (Phi) is 9.33. The summed E-state index contributed by atoms with van der Waals surface area (Å²) in [5.41, 5.74) is 2.31. The van der Waals surface area contributed by atoms with Gasteiger partial charge in [0.25, 0.3) is 5.91 Å². The van der Waals surface area contributed by atoms with E-state index in [2.05, 4.69) is 16.0 Å². The van der Waals surface area contributed by atoms with Gasteiger partial charge in [-0.25, -0.2) is 0 Å². The van der Waals surface area contributed by atoms with Crippen molar-refractivity contribution in [1.29, 1.82) is 0 Å². The third-order valence-electron chi connectivity index (χ3n) is 7.44. The molecule has 0 spiro atoms. The summed E-state index contributed by atoms with van der Waals surface area (Å²) in [7, 11) is 1.61. The van der Waals surface area contributed by atoms with Crippen molar-refractivity contribution in [2.75, 3.05) is 26.7 Å². The lowest BCUT2D eigenvalue weighted by atomic mass is 10.1. The van der Waals surface area contributed by atoms with Gasteiger partial charge in [-0.1, -0.05) is 48.5 Å². The molecule has 3 amide bonds. The Morgan fingerprint density at radius 2 is 1.81 bits per heavy atom. The summed E-state index contributed by atoms with van der Waals surface area (Å²) in [4.78, 5) is 52.6. The lowest BCUT2D eigenvalue weighted by Gasteiger charge is -2.26. The average Bonchev–Trinajstić information content (AvgIpc) is 3.25. The molecule has 1 saturated heterocycles. The summed E-state index contributed by atoms with van der Waals surface area (Å²) in [5, 5.41) is 20.6. The van der Waals surface area contributed by atoms with Crippen LogP contribution in [0, 0.1) is 0 Å². The number of hydrogen-bond acceptors (Lipinski definition) is 8. The van der Waals surface area contributed by atoms with E-state index in [0.29, 0.717) is 18.7 Å². The summed E-state index contributed by atoms with van der Waals surface area (Å²) in [5.74, 6) is -1.23. The number of fused-ring (bicyclic) bond motifs is 1. The number of amides is 3. The second-order valence-electron chi connectivity index (χ2n) is 10.6. The average molecular weight is 587 g/mol. The summed E-state index contributed by atoms with van der Waals surface area (Å²) in [6, 6.07) is 18.9. The Labute approximate surface area is 248 Å². The van der Waals surface area contributed by atoms with E-state index in [9.17, 15) is 24.3 Å². The van der Waals surface area contributed by atoms with Gasteiger partial charge in [-0.3, -0.25) is 19.2 Å². The number of methoxy groups -OCH3 is 1. The number of hydrogen-bond donors (Lipinski definition) is 4. The van der Waals surface area contributed by atoms with Crippen LogP contribution in [-0.2, 0) is 25.7 Å². The fourth-order valence-corrected chi connectivity index (χ4v) is 5.19. The highest BCUT2D eigenvalue weighted by molar-refractivity contribution is 6.01. The topological polar surface area (TPSA) is 146 Å². The van der Waals surface area contributed by atoms with Crippen LogP contribution in [0.25, 0.3) is 10.8 Å². The third-order valence-corrected chi connectivity index (χ3v) is 7.44. The molecular weight excluding hydrogens is 552 g/mol. The van der Waals surface area contributed by atoms with Crippen LogP contribution in [0.2, 0.25) is 0 Å². The number of aliphatic hydroxyl groups is 1. The number of esters is 1. The highest BCUT2D eigenvalue weighted by Gasteiger charge is 2.36. The Morgan fingerprint density at radius 3 is 2.58 bits per heavy atom. The Bertz CT molecular complexity index is 1560. The van der Waals surface area contributed by atoms with Crippen LogP contribution in [0.3, 0.4) is 0 Å². The molecule has 224 valence electrons. The van der Waals surface area contributed by atoms with Gasteiger partial charge >= 0.3 is 5.97 Å². The molecule has 0 aromatic heterocycles. The Morgan fingerprint density at radius 1 is 1.00 bits per heavy atom. The van der Waals surface area contributed by atoms with Gasteiger partial charge in [-0.2, -0.15) is 0 Å². The minimum atomic E-state index is -1.44. The molecule has 11 nitrogen and oxygen atoms in total. The van der Waals surface area contributed by atoms with Crippen molar-refractivity contribution in [2.24, 2.45) is 0 Å². The zero-order valence-corrected chi connectivity index (χ0v) is 23.7. The fourth-order valence-electron chi connectivity index (χ4n) is 5.19. The van der Waals surface area contributed by atoms with Crippen molar-refractivity contribution in [3.05, 3.63) is 89.5 Å². The summed E-state index contributed by atoms with van der Waals surface area (Å²) < 4.78 is 9.99. The molecule has 2 aliphatic rings. The van der Waals surface area contributed by atoms with E-state index in [-0.39, 0.29) is 25.9 Å². The number of rotatable bonds is 10. The molecule has 0 bridgehead atoms. The molecule has 3 aromatic carbocycles. The Balaban J connectivity index is 1.29. The van der Waals surface area contributed by atoms with Gasteiger partial charge in [0.1, 0.15) is 17.8 Å². The normalized spacial score (nSPS) is 20.3. The molecule has 3 unspecified atom stereocenters. The molecule has 2 aliphatic heterocycles. The monoisotopic (exact) mass is 586 g/mol. The van der Waals surface area contributed by atoms with Gasteiger partial charge < -0.3 is 35.4 Å². The summed E-state index contributed by atoms with van der Waals surface area (Å²) in [6.07, 6.45) is 0.551.